The molecule has 22 heavy (non-hydrogen) atoms. The molecule has 4 N–H and O–H groups in total. The number of imidazole rings is 1. The molecule has 118 valence electrons. The van der Waals surface area contributed by atoms with E-state index in [4.69, 9.17) is 11.5 Å². The van der Waals surface area contributed by atoms with Gasteiger partial charge in [0.05, 0.1) is 5.69 Å². The number of aromatic nitrogens is 4. The van der Waals surface area contributed by atoms with Crippen molar-refractivity contribution in [1.29, 1.82) is 0 Å². The van der Waals surface area contributed by atoms with Crippen LogP contribution in [0, 0.1) is 6.92 Å². The van der Waals surface area contributed by atoms with Gasteiger partial charge >= 0.3 is 0 Å². The van der Waals surface area contributed by atoms with E-state index in [0.717, 1.165) is 43.3 Å². The highest BCUT2D eigenvalue weighted by atomic mass is 15.2. The molecule has 0 spiro atoms. The average molecular weight is 301 g/mol. The Morgan fingerprint density at radius 2 is 2.14 bits per heavy atom. The van der Waals surface area contributed by atoms with Gasteiger partial charge < -0.3 is 20.9 Å². The van der Waals surface area contributed by atoms with Gasteiger partial charge in [-0.2, -0.15) is 4.98 Å². The van der Waals surface area contributed by atoms with Crippen LogP contribution in [-0.4, -0.2) is 39.2 Å². The Morgan fingerprint density at radius 1 is 1.36 bits per heavy atom. The number of nitrogen functional groups attached to an aromatic ring is 1. The number of hydrogen-bond donors (Lipinski definition) is 2. The number of anilines is 2. The van der Waals surface area contributed by atoms with E-state index in [9.17, 15) is 0 Å². The van der Waals surface area contributed by atoms with E-state index in [1.54, 1.807) is 0 Å². The molecule has 0 saturated heterocycles. The molecule has 2 aromatic heterocycles. The summed E-state index contributed by atoms with van der Waals surface area (Å²) in [5, 5.41) is 0. The van der Waals surface area contributed by atoms with Crippen molar-refractivity contribution in [3.63, 3.8) is 0 Å². The Kier molecular flexibility index (Phi) is 3.98. The van der Waals surface area contributed by atoms with Crippen molar-refractivity contribution in [3.05, 3.63) is 30.0 Å². The van der Waals surface area contributed by atoms with E-state index in [1.165, 1.54) is 0 Å². The van der Waals surface area contributed by atoms with Gasteiger partial charge in [0.15, 0.2) is 0 Å². The molecule has 7 nitrogen and oxygen atoms in total. The predicted molar refractivity (Wildman–Crippen MR) is 86.6 cm³/mol. The minimum atomic E-state index is 0.298. The summed E-state index contributed by atoms with van der Waals surface area (Å²) in [5.41, 5.74) is 12.7. The van der Waals surface area contributed by atoms with E-state index in [-0.39, 0.29) is 0 Å². The van der Waals surface area contributed by atoms with Gasteiger partial charge in [-0.3, -0.25) is 0 Å². The maximum atomic E-state index is 5.87. The van der Waals surface area contributed by atoms with Gasteiger partial charge in [0, 0.05) is 50.6 Å². The fourth-order valence-electron chi connectivity index (χ4n) is 2.79. The molecule has 0 amide bonds. The van der Waals surface area contributed by atoms with Crippen LogP contribution in [0.25, 0.3) is 0 Å². The maximum absolute atomic E-state index is 5.87. The van der Waals surface area contributed by atoms with Gasteiger partial charge in [-0.1, -0.05) is 0 Å². The summed E-state index contributed by atoms with van der Waals surface area (Å²) in [6, 6.07) is 2.33. The molecule has 0 atom stereocenters. The Bertz CT molecular complexity index is 645. The Balaban J connectivity index is 1.69. The molecule has 0 unspecified atom stereocenters. The number of nitrogens with two attached hydrogens (primary N) is 2. The molecule has 3 rings (SSSR count). The quantitative estimate of drug-likeness (QED) is 0.851. The summed E-state index contributed by atoms with van der Waals surface area (Å²) in [7, 11) is 2.02. The van der Waals surface area contributed by atoms with Crippen LogP contribution >= 0.6 is 0 Å². The molecule has 1 aliphatic rings. The average Bonchev–Trinajstić information content (AvgIpc) is 2.86. The molecule has 1 aliphatic carbocycles. The Morgan fingerprint density at radius 3 is 2.77 bits per heavy atom. The molecule has 0 aromatic carbocycles. The second kappa shape index (κ2) is 5.92. The summed E-state index contributed by atoms with van der Waals surface area (Å²) in [6.07, 6.45) is 5.76. The van der Waals surface area contributed by atoms with Crippen molar-refractivity contribution in [2.24, 2.45) is 5.73 Å². The zero-order chi connectivity index (χ0) is 15.7. The Labute approximate surface area is 130 Å². The third-order valence-electron chi connectivity index (χ3n) is 4.33. The van der Waals surface area contributed by atoms with Crippen LogP contribution in [-0.2, 0) is 6.54 Å². The SMILES string of the molecule is Cc1nccn1CCN(C)c1cc(C2CC(N)C2)nc(N)n1. The zero-order valence-electron chi connectivity index (χ0n) is 13.1. The van der Waals surface area contributed by atoms with Gasteiger partial charge in [-0.15, -0.1) is 0 Å². The van der Waals surface area contributed by atoms with Gasteiger partial charge in [0.25, 0.3) is 0 Å². The minimum absolute atomic E-state index is 0.298. The first-order chi connectivity index (χ1) is 10.5. The highest BCUT2D eigenvalue weighted by Crippen LogP contribution is 2.35. The number of rotatable bonds is 5. The topological polar surface area (TPSA) is 98.9 Å². The van der Waals surface area contributed by atoms with Crippen LogP contribution in [0.1, 0.15) is 30.3 Å². The summed E-state index contributed by atoms with van der Waals surface area (Å²) >= 11 is 0. The van der Waals surface area contributed by atoms with E-state index >= 15 is 0 Å². The first kappa shape index (κ1) is 14.8. The van der Waals surface area contributed by atoms with Crippen LogP contribution in [0.15, 0.2) is 18.5 Å². The molecule has 0 radical (unpaired) electrons. The smallest absolute Gasteiger partial charge is 0.222 e. The normalized spacial score (nSPS) is 20.7. The molecular weight excluding hydrogens is 278 g/mol. The summed E-state index contributed by atoms with van der Waals surface area (Å²) in [5.74, 6) is 2.63. The van der Waals surface area contributed by atoms with Crippen molar-refractivity contribution in [2.45, 2.75) is 38.3 Å². The van der Waals surface area contributed by atoms with Crippen LogP contribution in [0.3, 0.4) is 0 Å². The summed E-state index contributed by atoms with van der Waals surface area (Å²) < 4.78 is 2.12. The van der Waals surface area contributed by atoms with Crippen molar-refractivity contribution in [1.82, 2.24) is 19.5 Å². The molecule has 2 aromatic rings. The highest BCUT2D eigenvalue weighted by Gasteiger charge is 2.29. The number of hydrogen-bond acceptors (Lipinski definition) is 6. The van der Waals surface area contributed by atoms with Crippen LogP contribution in [0.5, 0.6) is 0 Å². The second-order valence-electron chi connectivity index (χ2n) is 6.03. The lowest BCUT2D eigenvalue weighted by Crippen LogP contribution is -2.35. The lowest BCUT2D eigenvalue weighted by atomic mass is 9.78. The molecule has 0 aliphatic heterocycles. The Hall–Kier alpha value is -2.15. The number of nitrogens with zero attached hydrogens (tertiary/aromatic N) is 5. The van der Waals surface area contributed by atoms with E-state index in [0.29, 0.717) is 17.9 Å². The lowest BCUT2D eigenvalue weighted by Gasteiger charge is -2.32. The van der Waals surface area contributed by atoms with Crippen LogP contribution < -0.4 is 16.4 Å². The van der Waals surface area contributed by atoms with Gasteiger partial charge in [0.1, 0.15) is 11.6 Å². The van der Waals surface area contributed by atoms with Crippen molar-refractivity contribution in [3.8, 4) is 0 Å². The van der Waals surface area contributed by atoms with Gasteiger partial charge in [-0.05, 0) is 19.8 Å². The van der Waals surface area contributed by atoms with E-state index < -0.39 is 0 Å². The van der Waals surface area contributed by atoms with E-state index in [1.807, 2.05) is 32.4 Å². The monoisotopic (exact) mass is 301 g/mol. The van der Waals surface area contributed by atoms with Gasteiger partial charge in [-0.25, -0.2) is 9.97 Å². The first-order valence-electron chi connectivity index (χ1n) is 7.62. The van der Waals surface area contributed by atoms with Crippen molar-refractivity contribution in [2.75, 3.05) is 24.2 Å². The summed E-state index contributed by atoms with van der Waals surface area (Å²) in [6.45, 7) is 3.69. The van der Waals surface area contributed by atoms with Crippen LogP contribution in [0.2, 0.25) is 0 Å². The molecule has 7 heteroatoms. The maximum Gasteiger partial charge on any atom is 0.222 e. The highest BCUT2D eigenvalue weighted by molar-refractivity contribution is 5.44. The first-order valence-corrected chi connectivity index (χ1v) is 7.62. The van der Waals surface area contributed by atoms with Crippen molar-refractivity contribution >= 4 is 11.8 Å². The fourth-order valence-corrected chi connectivity index (χ4v) is 2.79. The zero-order valence-corrected chi connectivity index (χ0v) is 13.1. The third kappa shape index (κ3) is 3.04. The molecule has 1 saturated carbocycles. The van der Waals surface area contributed by atoms with E-state index in [2.05, 4.69) is 24.4 Å². The standard InChI is InChI=1S/C15H23N7/c1-10-18-3-4-22(10)6-5-21(2)14-9-13(19-15(17)20-14)11-7-12(16)8-11/h3-4,9,11-12H,5-8,16H2,1-2H3,(H2,17,19,20). The second-order valence-corrected chi connectivity index (χ2v) is 6.03. The number of likely N-dealkylation sites (N-methyl/N-ethyl adjacent to an activating group) is 1. The van der Waals surface area contributed by atoms with Crippen LogP contribution in [0.4, 0.5) is 11.8 Å². The predicted octanol–water partition coefficient (Wildman–Crippen LogP) is 0.905. The largest absolute Gasteiger partial charge is 0.368 e. The lowest BCUT2D eigenvalue weighted by molar-refractivity contribution is 0.345. The third-order valence-corrected chi connectivity index (χ3v) is 4.33. The molecule has 0 bridgehead atoms. The van der Waals surface area contributed by atoms with Gasteiger partial charge in [0.2, 0.25) is 5.95 Å². The fraction of sp³-hybridized carbons (Fsp3) is 0.533. The number of aryl methyl sites for hydroxylation is 1. The summed E-state index contributed by atoms with van der Waals surface area (Å²) in [4.78, 5) is 15.0. The minimum Gasteiger partial charge on any atom is -0.368 e. The molecular formula is C15H23N7. The molecule has 1 fully saturated rings. The molecule has 2 heterocycles. The van der Waals surface area contributed by atoms with Crippen molar-refractivity contribution < 1.29 is 0 Å².